The third-order valence-electron chi connectivity index (χ3n) is 5.36. The molecule has 4 rings (SSSR count). The van der Waals surface area contributed by atoms with E-state index >= 15 is 0 Å². The zero-order valence-corrected chi connectivity index (χ0v) is 15.9. The van der Waals surface area contributed by atoms with Crippen LogP contribution in [0.1, 0.15) is 42.5 Å². The molecule has 1 atom stereocenters. The fourth-order valence-electron chi connectivity index (χ4n) is 3.81. The lowest BCUT2D eigenvalue weighted by atomic mass is 9.97. The summed E-state index contributed by atoms with van der Waals surface area (Å²) in [6.07, 6.45) is 4.99. The summed E-state index contributed by atoms with van der Waals surface area (Å²) in [4.78, 5) is 2.51. The zero-order chi connectivity index (χ0) is 17.9. The van der Waals surface area contributed by atoms with Gasteiger partial charge in [0.2, 0.25) is 0 Å². The molecule has 0 N–H and O–H groups in total. The van der Waals surface area contributed by atoms with E-state index in [2.05, 4.69) is 34.8 Å². The van der Waals surface area contributed by atoms with Gasteiger partial charge in [-0.25, -0.2) is 0 Å². The number of rotatable bonds is 8. The van der Waals surface area contributed by atoms with Gasteiger partial charge in [0.25, 0.3) is 0 Å². The molecule has 1 aliphatic carbocycles. The molecule has 0 spiro atoms. The highest BCUT2D eigenvalue weighted by Crippen LogP contribution is 2.33. The number of nitrogens with zero attached hydrogens (tertiary/aromatic N) is 3. The molecule has 0 radical (unpaired) electrons. The third kappa shape index (κ3) is 4.10. The first-order chi connectivity index (χ1) is 12.7. The highest BCUT2D eigenvalue weighted by atomic mass is 16.5. The molecule has 2 aliphatic rings. The van der Waals surface area contributed by atoms with Crippen molar-refractivity contribution in [1.82, 2.24) is 14.7 Å². The predicted octanol–water partition coefficient (Wildman–Crippen LogP) is 3.44. The molecule has 26 heavy (non-hydrogen) atoms. The molecule has 1 fully saturated rings. The molecule has 1 saturated carbocycles. The Kier molecular flexibility index (Phi) is 5.27. The quantitative estimate of drug-likeness (QED) is 0.727. The SMILES string of the molecule is CCOC[C@H]1CN(Cc2ccc(OC)cc2)Cc2cn(CC3CC3)nc21. The van der Waals surface area contributed by atoms with Crippen LogP contribution in [0.2, 0.25) is 0 Å². The number of methoxy groups -OCH3 is 1. The van der Waals surface area contributed by atoms with E-state index in [4.69, 9.17) is 14.6 Å². The van der Waals surface area contributed by atoms with Crippen LogP contribution < -0.4 is 4.74 Å². The molecule has 0 bridgehead atoms. The average Bonchev–Trinajstić information content (AvgIpc) is 3.37. The number of aromatic nitrogens is 2. The molecule has 5 heteroatoms. The second kappa shape index (κ2) is 7.80. The molecular formula is C21H29N3O2. The molecule has 0 unspecified atom stereocenters. The van der Waals surface area contributed by atoms with E-state index in [1.54, 1.807) is 7.11 Å². The fourth-order valence-corrected chi connectivity index (χ4v) is 3.81. The van der Waals surface area contributed by atoms with E-state index < -0.39 is 0 Å². The van der Waals surface area contributed by atoms with Crippen molar-refractivity contribution in [3.05, 3.63) is 47.3 Å². The van der Waals surface area contributed by atoms with Crippen LogP contribution in [0.5, 0.6) is 5.75 Å². The monoisotopic (exact) mass is 355 g/mol. The lowest BCUT2D eigenvalue weighted by molar-refractivity contribution is 0.104. The van der Waals surface area contributed by atoms with Gasteiger partial charge in [-0.1, -0.05) is 12.1 Å². The first-order valence-electron chi connectivity index (χ1n) is 9.74. The second-order valence-corrected chi connectivity index (χ2v) is 7.58. The lowest BCUT2D eigenvalue weighted by Crippen LogP contribution is -2.34. The molecule has 5 nitrogen and oxygen atoms in total. The van der Waals surface area contributed by atoms with Crippen molar-refractivity contribution >= 4 is 0 Å². The normalized spacial score (nSPS) is 20.2. The summed E-state index contributed by atoms with van der Waals surface area (Å²) >= 11 is 0. The maximum Gasteiger partial charge on any atom is 0.118 e. The Labute approximate surface area is 155 Å². The van der Waals surface area contributed by atoms with Gasteiger partial charge in [-0.05, 0) is 43.4 Å². The number of fused-ring (bicyclic) bond motifs is 1. The first kappa shape index (κ1) is 17.6. The molecular weight excluding hydrogens is 326 g/mol. The van der Waals surface area contributed by atoms with E-state index in [1.807, 2.05) is 12.1 Å². The van der Waals surface area contributed by atoms with Gasteiger partial charge in [-0.15, -0.1) is 0 Å². The Morgan fingerprint density at radius 1 is 1.19 bits per heavy atom. The van der Waals surface area contributed by atoms with Crippen LogP contribution >= 0.6 is 0 Å². The van der Waals surface area contributed by atoms with Crippen molar-refractivity contribution in [2.24, 2.45) is 5.92 Å². The zero-order valence-electron chi connectivity index (χ0n) is 15.9. The number of benzene rings is 1. The van der Waals surface area contributed by atoms with Crippen molar-refractivity contribution in [2.75, 3.05) is 26.9 Å². The molecule has 1 aromatic carbocycles. The molecule has 1 aliphatic heterocycles. The summed E-state index contributed by atoms with van der Waals surface area (Å²) < 4.78 is 13.2. The van der Waals surface area contributed by atoms with Gasteiger partial charge in [-0.3, -0.25) is 9.58 Å². The molecule has 140 valence electrons. The van der Waals surface area contributed by atoms with Crippen LogP contribution in [0.3, 0.4) is 0 Å². The third-order valence-corrected chi connectivity index (χ3v) is 5.36. The summed E-state index contributed by atoms with van der Waals surface area (Å²) in [5.41, 5.74) is 3.94. The fraction of sp³-hybridized carbons (Fsp3) is 0.571. The Bertz CT molecular complexity index is 721. The van der Waals surface area contributed by atoms with Crippen LogP contribution in [0, 0.1) is 5.92 Å². The van der Waals surface area contributed by atoms with Gasteiger partial charge in [0.15, 0.2) is 0 Å². The van der Waals surface area contributed by atoms with Crippen molar-refractivity contribution in [3.8, 4) is 5.75 Å². The molecule has 1 aromatic heterocycles. The van der Waals surface area contributed by atoms with E-state index in [0.717, 1.165) is 51.1 Å². The van der Waals surface area contributed by atoms with E-state index in [1.165, 1.54) is 29.7 Å². The summed E-state index contributed by atoms with van der Waals surface area (Å²) in [7, 11) is 1.71. The van der Waals surface area contributed by atoms with Crippen LogP contribution in [0.25, 0.3) is 0 Å². The van der Waals surface area contributed by atoms with Crippen LogP contribution in [0.15, 0.2) is 30.5 Å². The maximum absolute atomic E-state index is 5.77. The number of hydrogen-bond donors (Lipinski definition) is 0. The minimum absolute atomic E-state index is 0.359. The Morgan fingerprint density at radius 3 is 2.69 bits per heavy atom. The van der Waals surface area contributed by atoms with Gasteiger partial charge in [0, 0.05) is 50.5 Å². The topological polar surface area (TPSA) is 39.5 Å². The van der Waals surface area contributed by atoms with E-state index in [0.29, 0.717) is 5.92 Å². The molecule has 0 amide bonds. The largest absolute Gasteiger partial charge is 0.497 e. The van der Waals surface area contributed by atoms with Crippen LogP contribution in [-0.2, 0) is 24.4 Å². The Morgan fingerprint density at radius 2 is 2.00 bits per heavy atom. The first-order valence-corrected chi connectivity index (χ1v) is 9.74. The number of hydrogen-bond acceptors (Lipinski definition) is 4. The van der Waals surface area contributed by atoms with Crippen LogP contribution in [-0.4, -0.2) is 41.5 Å². The maximum atomic E-state index is 5.77. The van der Waals surface area contributed by atoms with Gasteiger partial charge in [0.1, 0.15) is 5.75 Å². The summed E-state index contributed by atoms with van der Waals surface area (Å²) in [5, 5.41) is 4.92. The highest BCUT2D eigenvalue weighted by Gasteiger charge is 2.30. The minimum atomic E-state index is 0.359. The van der Waals surface area contributed by atoms with E-state index in [9.17, 15) is 0 Å². The smallest absolute Gasteiger partial charge is 0.118 e. The van der Waals surface area contributed by atoms with Gasteiger partial charge >= 0.3 is 0 Å². The second-order valence-electron chi connectivity index (χ2n) is 7.58. The summed E-state index contributed by atoms with van der Waals surface area (Å²) in [6, 6.07) is 8.39. The Hall–Kier alpha value is -1.85. The Balaban J connectivity index is 1.48. The minimum Gasteiger partial charge on any atom is -0.497 e. The van der Waals surface area contributed by atoms with Gasteiger partial charge in [-0.2, -0.15) is 5.10 Å². The lowest BCUT2D eigenvalue weighted by Gasteiger charge is -2.31. The molecule has 0 saturated heterocycles. The van der Waals surface area contributed by atoms with Crippen molar-refractivity contribution in [3.63, 3.8) is 0 Å². The number of ether oxygens (including phenoxy) is 2. The van der Waals surface area contributed by atoms with Gasteiger partial charge < -0.3 is 9.47 Å². The standard InChI is InChI=1S/C21H29N3O2/c1-3-26-15-19-13-23(10-16-6-8-20(25-2)9-7-16)12-18-14-24(22-21(18)19)11-17-4-5-17/h6-9,14,17,19H,3-5,10-13,15H2,1-2H3/t19-/m1/s1. The van der Waals surface area contributed by atoms with Crippen molar-refractivity contribution in [1.29, 1.82) is 0 Å². The van der Waals surface area contributed by atoms with E-state index in [-0.39, 0.29) is 0 Å². The molecule has 2 heterocycles. The molecule has 2 aromatic rings. The average molecular weight is 355 g/mol. The van der Waals surface area contributed by atoms with Crippen molar-refractivity contribution < 1.29 is 9.47 Å². The summed E-state index contributed by atoms with van der Waals surface area (Å²) in [6.45, 7) is 7.56. The predicted molar refractivity (Wildman–Crippen MR) is 101 cm³/mol. The van der Waals surface area contributed by atoms with Gasteiger partial charge in [0.05, 0.1) is 19.4 Å². The highest BCUT2D eigenvalue weighted by molar-refractivity contribution is 5.28. The van der Waals surface area contributed by atoms with Crippen LogP contribution in [0.4, 0.5) is 0 Å². The van der Waals surface area contributed by atoms with Crippen molar-refractivity contribution in [2.45, 2.75) is 45.3 Å². The summed E-state index contributed by atoms with van der Waals surface area (Å²) in [5.74, 6) is 2.11.